The van der Waals surface area contributed by atoms with E-state index in [1.165, 1.54) is 12.1 Å². The van der Waals surface area contributed by atoms with E-state index in [1.54, 1.807) is 24.3 Å². The molecule has 2 aromatic rings. The molecule has 0 spiro atoms. The van der Waals surface area contributed by atoms with Gasteiger partial charge in [0.25, 0.3) is 0 Å². The Kier molecular flexibility index (Phi) is 5.68. The van der Waals surface area contributed by atoms with Crippen LogP contribution in [0.1, 0.15) is 37.5 Å². The summed E-state index contributed by atoms with van der Waals surface area (Å²) in [5.74, 6) is -0.626. The van der Waals surface area contributed by atoms with Crippen molar-refractivity contribution in [1.29, 1.82) is 5.26 Å². The minimum Gasteiger partial charge on any atom is -0.234 e. The van der Waals surface area contributed by atoms with Gasteiger partial charge in [0.1, 0.15) is 22.9 Å². The Labute approximate surface area is 152 Å². The molecule has 0 radical (unpaired) electrons. The fourth-order valence-electron chi connectivity index (χ4n) is 1.95. The van der Waals surface area contributed by atoms with E-state index >= 15 is 0 Å². The second-order valence-electron chi connectivity index (χ2n) is 6.09. The molecule has 2 aromatic carbocycles. The number of hydrogen-bond donors (Lipinski definition) is 0. The van der Waals surface area contributed by atoms with E-state index in [0.717, 1.165) is 4.47 Å². The second kappa shape index (κ2) is 7.37. The Morgan fingerprint density at radius 1 is 1.25 bits per heavy atom. The van der Waals surface area contributed by atoms with Gasteiger partial charge in [0.15, 0.2) is 0 Å². The highest BCUT2D eigenvalue weighted by atomic mass is 79.9. The van der Waals surface area contributed by atoms with Crippen molar-refractivity contribution in [2.45, 2.75) is 25.5 Å². The highest BCUT2D eigenvalue weighted by Crippen LogP contribution is 2.23. The SMILES string of the molecule is CC(C)(C)[S@](=O)/N=C(\c1cccc(Br)c1)c1cccc(F)c1C#N. The molecule has 0 saturated heterocycles. The fourth-order valence-corrected chi connectivity index (χ4v) is 2.99. The molecule has 0 aromatic heterocycles. The summed E-state index contributed by atoms with van der Waals surface area (Å²) in [5, 5.41) is 9.31. The van der Waals surface area contributed by atoms with Gasteiger partial charge >= 0.3 is 0 Å². The topological polar surface area (TPSA) is 53.2 Å². The Balaban J connectivity index is 2.74. The summed E-state index contributed by atoms with van der Waals surface area (Å²) in [5.41, 5.74) is 1.21. The largest absolute Gasteiger partial charge is 0.234 e. The van der Waals surface area contributed by atoms with Crippen molar-refractivity contribution in [2.75, 3.05) is 0 Å². The van der Waals surface area contributed by atoms with E-state index in [-0.39, 0.29) is 5.56 Å². The lowest BCUT2D eigenvalue weighted by molar-refractivity contribution is 0.623. The molecule has 0 bridgehead atoms. The van der Waals surface area contributed by atoms with Gasteiger partial charge in [0.2, 0.25) is 0 Å². The monoisotopic (exact) mass is 406 g/mol. The van der Waals surface area contributed by atoms with Crippen LogP contribution in [0.2, 0.25) is 0 Å². The maximum atomic E-state index is 14.0. The molecule has 0 fully saturated rings. The van der Waals surface area contributed by atoms with Gasteiger partial charge in [0, 0.05) is 15.6 Å². The zero-order valence-corrected chi connectivity index (χ0v) is 15.9. The van der Waals surface area contributed by atoms with Crippen LogP contribution in [-0.2, 0) is 11.0 Å². The van der Waals surface area contributed by atoms with Crippen molar-refractivity contribution in [3.63, 3.8) is 0 Å². The minimum atomic E-state index is -1.55. The average molecular weight is 407 g/mol. The minimum absolute atomic E-state index is 0.109. The third kappa shape index (κ3) is 4.16. The van der Waals surface area contributed by atoms with Gasteiger partial charge < -0.3 is 0 Å². The van der Waals surface area contributed by atoms with Gasteiger partial charge in [-0.2, -0.15) is 9.66 Å². The molecule has 1 atom stereocenters. The molecule has 0 aliphatic heterocycles. The molecule has 24 heavy (non-hydrogen) atoms. The summed E-state index contributed by atoms with van der Waals surface area (Å²) in [6.45, 7) is 5.42. The van der Waals surface area contributed by atoms with Crippen molar-refractivity contribution < 1.29 is 8.60 Å². The Morgan fingerprint density at radius 3 is 2.50 bits per heavy atom. The number of nitrogens with zero attached hydrogens (tertiary/aromatic N) is 2. The van der Waals surface area contributed by atoms with Gasteiger partial charge in [-0.3, -0.25) is 0 Å². The van der Waals surface area contributed by atoms with Gasteiger partial charge in [-0.05, 0) is 39.0 Å². The normalized spacial score (nSPS) is 13.4. The van der Waals surface area contributed by atoms with Crippen molar-refractivity contribution >= 4 is 32.6 Å². The van der Waals surface area contributed by atoms with E-state index < -0.39 is 21.5 Å². The molecule has 6 heteroatoms. The molecular formula is C18H16BrFN2OS. The summed E-state index contributed by atoms with van der Waals surface area (Å²) in [6, 6.07) is 13.5. The quantitative estimate of drug-likeness (QED) is 0.689. The Morgan fingerprint density at radius 2 is 1.92 bits per heavy atom. The molecule has 0 heterocycles. The third-order valence-corrected chi connectivity index (χ3v) is 5.07. The maximum absolute atomic E-state index is 14.0. The Hall–Kier alpha value is -1.84. The van der Waals surface area contributed by atoms with Crippen LogP contribution in [0, 0.1) is 17.1 Å². The number of halogens is 2. The van der Waals surface area contributed by atoms with Crippen LogP contribution < -0.4 is 0 Å². The van der Waals surface area contributed by atoms with Crippen LogP contribution in [0.15, 0.2) is 51.3 Å². The van der Waals surface area contributed by atoms with E-state index in [9.17, 15) is 13.9 Å². The number of rotatable bonds is 3. The van der Waals surface area contributed by atoms with Crippen molar-refractivity contribution in [1.82, 2.24) is 0 Å². The lowest BCUT2D eigenvalue weighted by Crippen LogP contribution is -2.21. The van der Waals surface area contributed by atoms with Crippen LogP contribution in [-0.4, -0.2) is 14.7 Å². The van der Waals surface area contributed by atoms with Crippen LogP contribution in [0.4, 0.5) is 4.39 Å². The molecule has 0 aliphatic rings. The molecule has 0 amide bonds. The van der Waals surface area contributed by atoms with Crippen LogP contribution in [0.5, 0.6) is 0 Å². The third-order valence-electron chi connectivity index (χ3n) is 3.18. The van der Waals surface area contributed by atoms with E-state index in [2.05, 4.69) is 20.3 Å². The second-order valence-corrected chi connectivity index (χ2v) is 8.91. The van der Waals surface area contributed by atoms with Gasteiger partial charge in [-0.15, -0.1) is 0 Å². The van der Waals surface area contributed by atoms with Gasteiger partial charge in [0.05, 0.1) is 16.0 Å². The first-order chi connectivity index (χ1) is 11.2. The summed E-state index contributed by atoms with van der Waals surface area (Å²) >= 11 is 3.39. The average Bonchev–Trinajstić information content (AvgIpc) is 2.51. The van der Waals surface area contributed by atoms with Gasteiger partial charge in [-0.25, -0.2) is 8.60 Å². The molecule has 2 rings (SSSR count). The highest BCUT2D eigenvalue weighted by molar-refractivity contribution is 9.10. The molecule has 0 unspecified atom stereocenters. The number of hydrogen-bond acceptors (Lipinski definition) is 2. The van der Waals surface area contributed by atoms with Crippen molar-refractivity contribution in [3.8, 4) is 6.07 Å². The first-order valence-electron chi connectivity index (χ1n) is 7.19. The first kappa shape index (κ1) is 18.5. The van der Waals surface area contributed by atoms with Gasteiger partial charge in [-0.1, -0.05) is 40.2 Å². The fraction of sp³-hybridized carbons (Fsp3) is 0.222. The van der Waals surface area contributed by atoms with Crippen LogP contribution >= 0.6 is 15.9 Å². The molecule has 0 N–H and O–H groups in total. The Bertz CT molecular complexity index is 866. The zero-order valence-electron chi connectivity index (χ0n) is 13.5. The summed E-state index contributed by atoms with van der Waals surface area (Å²) in [7, 11) is -1.55. The van der Waals surface area contributed by atoms with Crippen molar-refractivity contribution in [2.24, 2.45) is 4.40 Å². The number of benzene rings is 2. The molecule has 124 valence electrons. The lowest BCUT2D eigenvalue weighted by atomic mass is 9.98. The maximum Gasteiger partial charge on any atom is 0.145 e. The molecule has 3 nitrogen and oxygen atoms in total. The standard InChI is InChI=1S/C18H16BrFN2OS/c1-18(2,3)24(23)22-17(12-6-4-7-13(19)10-12)14-8-5-9-16(20)15(14)11-21/h4-10H,1-3H3/b22-17+/t24-/m0/s1. The predicted molar refractivity (Wildman–Crippen MR) is 98.8 cm³/mol. The molecule has 0 aliphatic carbocycles. The van der Waals surface area contributed by atoms with E-state index in [4.69, 9.17) is 0 Å². The van der Waals surface area contributed by atoms with Crippen molar-refractivity contribution in [3.05, 3.63) is 69.4 Å². The van der Waals surface area contributed by atoms with E-state index in [0.29, 0.717) is 16.8 Å². The lowest BCUT2D eigenvalue weighted by Gasteiger charge is -2.16. The first-order valence-corrected chi connectivity index (χ1v) is 9.09. The molecular weight excluding hydrogens is 391 g/mol. The highest BCUT2D eigenvalue weighted by Gasteiger charge is 2.22. The zero-order chi connectivity index (χ0) is 17.9. The predicted octanol–water partition coefficient (Wildman–Crippen LogP) is 4.76. The summed E-state index contributed by atoms with van der Waals surface area (Å²) < 4.78 is 31.1. The number of nitriles is 1. The molecule has 0 saturated carbocycles. The smallest absolute Gasteiger partial charge is 0.145 e. The summed E-state index contributed by atoms with van der Waals surface area (Å²) in [4.78, 5) is 0. The van der Waals surface area contributed by atoms with Crippen LogP contribution in [0.25, 0.3) is 0 Å². The van der Waals surface area contributed by atoms with Crippen LogP contribution in [0.3, 0.4) is 0 Å². The van der Waals surface area contributed by atoms with E-state index in [1.807, 2.05) is 32.9 Å². The summed E-state index contributed by atoms with van der Waals surface area (Å²) in [6.07, 6.45) is 0.